The summed E-state index contributed by atoms with van der Waals surface area (Å²) in [6, 6.07) is 0. The molecule has 0 fully saturated rings. The number of hydrogen-bond donors (Lipinski definition) is 2. The standard InChI is InChI=1S/C13H17NO5S/c1-2-3-6-20(17,18)19-14-12(15)10-8-4-5-9(7-8)11(10)13(14)16/h4-5,8-9,15-16H,2-3,6-7H2,1H3. The molecular weight excluding hydrogens is 282 g/mol. The summed E-state index contributed by atoms with van der Waals surface area (Å²) in [5, 5.41) is 20.2. The Labute approximate surface area is 117 Å². The van der Waals surface area contributed by atoms with Gasteiger partial charge in [0.2, 0.25) is 11.8 Å². The van der Waals surface area contributed by atoms with Gasteiger partial charge in [0, 0.05) is 23.0 Å². The van der Waals surface area contributed by atoms with Crippen LogP contribution < -0.4 is 4.28 Å². The Hall–Kier alpha value is -1.63. The van der Waals surface area contributed by atoms with Gasteiger partial charge in [0.15, 0.2) is 0 Å². The highest BCUT2D eigenvalue weighted by Crippen LogP contribution is 2.56. The second-order valence-corrected chi connectivity index (χ2v) is 6.97. The molecule has 0 saturated carbocycles. The average Bonchev–Trinajstić information content (AvgIpc) is 3.06. The summed E-state index contributed by atoms with van der Waals surface area (Å²) in [5.41, 5.74) is 1.17. The first-order valence-corrected chi connectivity index (χ1v) is 8.29. The lowest BCUT2D eigenvalue weighted by Gasteiger charge is -2.10. The van der Waals surface area contributed by atoms with Crippen molar-refractivity contribution in [1.82, 2.24) is 4.73 Å². The Morgan fingerprint density at radius 1 is 1.25 bits per heavy atom. The highest BCUT2D eigenvalue weighted by atomic mass is 32.2. The second kappa shape index (κ2) is 4.44. The first-order valence-electron chi connectivity index (χ1n) is 6.72. The molecular formula is C13H17NO5S. The van der Waals surface area contributed by atoms with Gasteiger partial charge < -0.3 is 10.2 Å². The Morgan fingerprint density at radius 2 is 1.80 bits per heavy atom. The maximum absolute atomic E-state index is 11.8. The van der Waals surface area contributed by atoms with Gasteiger partial charge in [-0.15, -0.1) is 0 Å². The molecule has 0 radical (unpaired) electrons. The van der Waals surface area contributed by atoms with Crippen LogP contribution in [0.2, 0.25) is 0 Å². The highest BCUT2D eigenvalue weighted by molar-refractivity contribution is 7.86. The second-order valence-electron chi connectivity index (χ2n) is 5.29. The Morgan fingerprint density at radius 3 is 2.30 bits per heavy atom. The summed E-state index contributed by atoms with van der Waals surface area (Å²) >= 11 is 0. The highest BCUT2D eigenvalue weighted by Gasteiger charge is 2.42. The van der Waals surface area contributed by atoms with Gasteiger partial charge in [-0.1, -0.05) is 30.2 Å². The van der Waals surface area contributed by atoms with Crippen molar-refractivity contribution >= 4 is 10.1 Å². The van der Waals surface area contributed by atoms with Crippen LogP contribution in [0.5, 0.6) is 11.8 Å². The lowest BCUT2D eigenvalue weighted by molar-refractivity contribution is 0.200. The van der Waals surface area contributed by atoms with Crippen LogP contribution in [0, 0.1) is 0 Å². The number of hydrogen-bond acceptors (Lipinski definition) is 5. The van der Waals surface area contributed by atoms with E-state index < -0.39 is 10.1 Å². The quantitative estimate of drug-likeness (QED) is 0.806. The number of unbranched alkanes of at least 4 members (excludes halogenated alkanes) is 1. The summed E-state index contributed by atoms with van der Waals surface area (Å²) in [7, 11) is -3.82. The largest absolute Gasteiger partial charge is 0.492 e. The predicted octanol–water partition coefficient (Wildman–Crippen LogP) is 1.60. The molecule has 2 atom stereocenters. The fourth-order valence-corrected chi connectivity index (χ4v) is 4.05. The lowest BCUT2D eigenvalue weighted by atomic mass is 10.0. The van der Waals surface area contributed by atoms with Crippen LogP contribution in [0.25, 0.3) is 0 Å². The van der Waals surface area contributed by atoms with E-state index in [1.54, 1.807) is 0 Å². The van der Waals surface area contributed by atoms with E-state index in [9.17, 15) is 18.6 Å². The third kappa shape index (κ3) is 1.88. The number of aromatic hydroxyl groups is 2. The number of aromatic nitrogens is 1. The van der Waals surface area contributed by atoms with Gasteiger partial charge in [0.1, 0.15) is 0 Å². The van der Waals surface area contributed by atoms with Crippen molar-refractivity contribution in [2.75, 3.05) is 5.75 Å². The number of nitrogens with zero attached hydrogens (tertiary/aromatic N) is 1. The van der Waals surface area contributed by atoms with Gasteiger partial charge in [-0.05, 0) is 12.8 Å². The molecule has 1 heterocycles. The molecule has 2 aliphatic carbocycles. The topological polar surface area (TPSA) is 88.8 Å². The van der Waals surface area contributed by atoms with E-state index in [4.69, 9.17) is 4.28 Å². The number of allylic oxidation sites excluding steroid dienone is 2. The van der Waals surface area contributed by atoms with Crippen molar-refractivity contribution in [3.05, 3.63) is 23.3 Å². The van der Waals surface area contributed by atoms with Gasteiger partial charge in [-0.2, -0.15) is 8.42 Å². The molecule has 1 aromatic heterocycles. The minimum Gasteiger partial charge on any atom is -0.492 e. The maximum Gasteiger partial charge on any atom is 0.327 e. The molecule has 0 aromatic carbocycles. The summed E-state index contributed by atoms with van der Waals surface area (Å²) in [5.74, 6) is -0.701. The summed E-state index contributed by atoms with van der Waals surface area (Å²) < 4.78 is 29.1. The van der Waals surface area contributed by atoms with Crippen molar-refractivity contribution in [3.63, 3.8) is 0 Å². The van der Waals surface area contributed by atoms with E-state index in [0.29, 0.717) is 22.3 Å². The SMILES string of the molecule is CCCCS(=O)(=O)On1c(O)c2c(c1O)C1C=CC2C1. The number of rotatable bonds is 5. The smallest absolute Gasteiger partial charge is 0.327 e. The van der Waals surface area contributed by atoms with E-state index >= 15 is 0 Å². The first-order chi connectivity index (χ1) is 9.44. The minimum absolute atomic E-state index is 0.0316. The van der Waals surface area contributed by atoms with Crippen molar-refractivity contribution in [2.24, 2.45) is 0 Å². The van der Waals surface area contributed by atoms with E-state index in [-0.39, 0.29) is 29.3 Å². The molecule has 2 unspecified atom stereocenters. The molecule has 0 aliphatic heterocycles. The molecule has 1 aromatic rings. The van der Waals surface area contributed by atoms with Crippen LogP contribution in [-0.4, -0.2) is 29.1 Å². The molecule has 2 bridgehead atoms. The zero-order valence-electron chi connectivity index (χ0n) is 11.1. The Balaban J connectivity index is 1.94. The molecule has 7 heteroatoms. The van der Waals surface area contributed by atoms with Gasteiger partial charge in [0.25, 0.3) is 0 Å². The van der Waals surface area contributed by atoms with E-state index in [1.807, 2.05) is 19.1 Å². The van der Waals surface area contributed by atoms with Gasteiger partial charge in [0.05, 0.1) is 5.75 Å². The van der Waals surface area contributed by atoms with Crippen LogP contribution in [0.15, 0.2) is 12.2 Å². The van der Waals surface area contributed by atoms with Gasteiger partial charge >= 0.3 is 10.1 Å². The van der Waals surface area contributed by atoms with Crippen molar-refractivity contribution in [3.8, 4) is 11.8 Å². The lowest BCUT2D eigenvalue weighted by Crippen LogP contribution is -2.22. The Kier molecular flexibility index (Phi) is 2.97. The zero-order chi connectivity index (χ0) is 14.5. The maximum atomic E-state index is 11.8. The number of fused-ring (bicyclic) bond motifs is 5. The van der Waals surface area contributed by atoms with Gasteiger partial charge in [-0.25, -0.2) is 0 Å². The van der Waals surface area contributed by atoms with Crippen LogP contribution in [0.4, 0.5) is 0 Å². The average molecular weight is 299 g/mol. The zero-order valence-corrected chi connectivity index (χ0v) is 11.9. The summed E-state index contributed by atoms with van der Waals surface area (Å²) in [4.78, 5) is 0. The third-order valence-corrected chi connectivity index (χ3v) is 5.08. The van der Waals surface area contributed by atoms with E-state index in [0.717, 1.165) is 12.8 Å². The molecule has 0 amide bonds. The summed E-state index contributed by atoms with van der Waals surface area (Å²) in [6.07, 6.45) is 5.92. The molecule has 0 spiro atoms. The minimum atomic E-state index is -3.82. The third-order valence-electron chi connectivity index (χ3n) is 3.92. The molecule has 0 saturated heterocycles. The first kappa shape index (κ1) is 13.4. The monoisotopic (exact) mass is 299 g/mol. The Bertz CT molecular complexity index is 638. The molecule has 20 heavy (non-hydrogen) atoms. The summed E-state index contributed by atoms with van der Waals surface area (Å²) in [6.45, 7) is 1.87. The van der Waals surface area contributed by atoms with Crippen molar-refractivity contribution in [1.29, 1.82) is 0 Å². The fourth-order valence-electron chi connectivity index (χ4n) is 2.96. The van der Waals surface area contributed by atoms with E-state index in [1.165, 1.54) is 0 Å². The van der Waals surface area contributed by atoms with Crippen molar-refractivity contribution in [2.45, 2.75) is 38.0 Å². The molecule has 2 N–H and O–H groups in total. The normalized spacial score (nSPS) is 23.2. The van der Waals surface area contributed by atoms with Crippen LogP contribution >= 0.6 is 0 Å². The van der Waals surface area contributed by atoms with Crippen molar-refractivity contribution < 1.29 is 22.9 Å². The van der Waals surface area contributed by atoms with Crippen LogP contribution in [-0.2, 0) is 10.1 Å². The van der Waals surface area contributed by atoms with Crippen LogP contribution in [0.3, 0.4) is 0 Å². The molecule has 110 valence electrons. The molecule has 2 aliphatic rings. The van der Waals surface area contributed by atoms with E-state index in [2.05, 4.69) is 0 Å². The van der Waals surface area contributed by atoms with Crippen LogP contribution in [0.1, 0.15) is 49.1 Å². The molecule has 3 rings (SSSR count). The predicted molar refractivity (Wildman–Crippen MR) is 72.3 cm³/mol. The fraction of sp³-hybridized carbons (Fsp3) is 0.538. The molecule has 6 nitrogen and oxygen atoms in total. The van der Waals surface area contributed by atoms with Gasteiger partial charge in [-0.3, -0.25) is 4.28 Å².